The Hall–Kier alpha value is -0.170. The molecule has 1 fully saturated rings. The van der Waals surface area contributed by atoms with Gasteiger partial charge >= 0.3 is 0 Å². The van der Waals surface area contributed by atoms with Crippen molar-refractivity contribution in [1.82, 2.24) is 9.03 Å². The highest BCUT2D eigenvalue weighted by atomic mass is 32.2. The fraction of sp³-hybridized carbons (Fsp3) is 1.00. The van der Waals surface area contributed by atoms with Crippen molar-refractivity contribution in [2.45, 2.75) is 58.9 Å². The Morgan fingerprint density at radius 2 is 2.10 bits per heavy atom. The molecule has 1 saturated carbocycles. The molecule has 1 rings (SSSR count). The molecule has 5 nitrogen and oxygen atoms in total. The third-order valence-electron chi connectivity index (χ3n) is 4.23. The van der Waals surface area contributed by atoms with Crippen LogP contribution in [-0.2, 0) is 10.2 Å². The normalized spacial score (nSPS) is 28.2. The largest absolute Gasteiger partial charge is 0.329 e. The maximum atomic E-state index is 12.6. The monoisotopic (exact) mass is 305 g/mol. The van der Waals surface area contributed by atoms with Crippen LogP contribution < -0.4 is 10.5 Å². The molecule has 0 spiro atoms. The summed E-state index contributed by atoms with van der Waals surface area (Å²) in [4.78, 5) is 0. The second kappa shape index (κ2) is 7.20. The molecule has 0 radical (unpaired) electrons. The summed E-state index contributed by atoms with van der Waals surface area (Å²) in [6, 6.07) is 0. The number of nitrogens with one attached hydrogen (secondary N) is 1. The van der Waals surface area contributed by atoms with E-state index in [0.717, 1.165) is 19.3 Å². The van der Waals surface area contributed by atoms with E-state index in [2.05, 4.69) is 11.6 Å². The summed E-state index contributed by atoms with van der Waals surface area (Å²) in [6.45, 7) is 9.41. The van der Waals surface area contributed by atoms with Crippen LogP contribution in [0.15, 0.2) is 0 Å². The zero-order valence-corrected chi connectivity index (χ0v) is 14.2. The number of hydrogen-bond acceptors (Lipinski definition) is 3. The topological polar surface area (TPSA) is 75.4 Å². The molecule has 0 aromatic rings. The predicted octanol–water partition coefficient (Wildman–Crippen LogP) is 1.71. The Kier molecular flexibility index (Phi) is 6.44. The Bertz CT molecular complexity index is 397. The smallest absolute Gasteiger partial charge is 0.279 e. The van der Waals surface area contributed by atoms with Crippen LogP contribution in [-0.4, -0.2) is 37.9 Å². The van der Waals surface area contributed by atoms with Crippen molar-refractivity contribution < 1.29 is 8.42 Å². The van der Waals surface area contributed by atoms with Gasteiger partial charge in [0.15, 0.2) is 0 Å². The van der Waals surface area contributed by atoms with E-state index in [-0.39, 0.29) is 0 Å². The van der Waals surface area contributed by atoms with Crippen molar-refractivity contribution in [2.75, 3.05) is 19.6 Å². The molecule has 6 heteroatoms. The summed E-state index contributed by atoms with van der Waals surface area (Å²) in [7, 11) is -3.46. The molecule has 0 aromatic carbocycles. The Morgan fingerprint density at radius 1 is 1.45 bits per heavy atom. The lowest BCUT2D eigenvalue weighted by Gasteiger charge is -2.46. The Morgan fingerprint density at radius 3 is 2.55 bits per heavy atom. The van der Waals surface area contributed by atoms with Gasteiger partial charge in [0, 0.05) is 25.2 Å². The molecule has 0 bridgehead atoms. The van der Waals surface area contributed by atoms with Crippen molar-refractivity contribution in [2.24, 2.45) is 17.6 Å². The summed E-state index contributed by atoms with van der Waals surface area (Å²) in [5.74, 6) is 0.823. The van der Waals surface area contributed by atoms with Gasteiger partial charge in [-0.3, -0.25) is 0 Å². The second-order valence-corrected chi connectivity index (χ2v) is 8.22. The third-order valence-corrected chi connectivity index (χ3v) is 5.99. The highest BCUT2D eigenvalue weighted by molar-refractivity contribution is 7.87. The molecule has 2 unspecified atom stereocenters. The van der Waals surface area contributed by atoms with Crippen LogP contribution in [0.2, 0.25) is 0 Å². The summed E-state index contributed by atoms with van der Waals surface area (Å²) >= 11 is 0. The van der Waals surface area contributed by atoms with Crippen molar-refractivity contribution in [3.8, 4) is 0 Å². The van der Waals surface area contributed by atoms with Gasteiger partial charge in [-0.05, 0) is 24.7 Å². The molecule has 0 saturated heterocycles. The number of rotatable bonds is 7. The highest BCUT2D eigenvalue weighted by Crippen LogP contribution is 2.37. The Balaban J connectivity index is 2.96. The van der Waals surface area contributed by atoms with Gasteiger partial charge in [0.2, 0.25) is 0 Å². The molecule has 1 aliphatic carbocycles. The molecule has 0 aromatic heterocycles. The van der Waals surface area contributed by atoms with E-state index in [9.17, 15) is 8.42 Å². The number of likely N-dealkylation sites (N-methyl/N-ethyl adjacent to an activating group) is 1. The van der Waals surface area contributed by atoms with E-state index in [1.165, 1.54) is 6.42 Å². The molecular formula is C14H31N3O2S. The zero-order valence-electron chi connectivity index (χ0n) is 13.4. The second-order valence-electron chi connectivity index (χ2n) is 6.54. The zero-order chi connectivity index (χ0) is 15.4. The summed E-state index contributed by atoms with van der Waals surface area (Å²) < 4.78 is 29.5. The lowest BCUT2D eigenvalue weighted by molar-refractivity contribution is 0.111. The first-order valence-electron chi connectivity index (χ1n) is 7.75. The molecule has 0 amide bonds. The lowest BCUT2D eigenvalue weighted by Crippen LogP contribution is -2.60. The standard InChI is InChI=1S/C14H31N3O2S/c1-5-17(20(18,19)16-10-12(2)3)14(11-15)8-6-7-13(4)9-14/h12-13,16H,5-11,15H2,1-4H3. The number of nitrogens with zero attached hydrogens (tertiary/aromatic N) is 1. The number of hydrogen-bond donors (Lipinski definition) is 2. The van der Waals surface area contributed by atoms with Gasteiger partial charge in [0.25, 0.3) is 10.2 Å². The minimum absolute atomic E-state index is 0.294. The van der Waals surface area contributed by atoms with Crippen molar-refractivity contribution >= 4 is 10.2 Å². The third kappa shape index (κ3) is 4.16. The molecule has 2 atom stereocenters. The number of nitrogens with two attached hydrogens (primary N) is 1. The first kappa shape index (κ1) is 17.9. The van der Waals surface area contributed by atoms with Gasteiger partial charge in [-0.1, -0.05) is 40.5 Å². The molecular weight excluding hydrogens is 274 g/mol. The quantitative estimate of drug-likeness (QED) is 0.752. The molecule has 1 aliphatic rings. The minimum atomic E-state index is -3.46. The Labute approximate surface area is 124 Å². The first-order chi connectivity index (χ1) is 9.27. The van der Waals surface area contributed by atoms with Gasteiger partial charge in [-0.15, -0.1) is 0 Å². The fourth-order valence-electron chi connectivity index (χ4n) is 3.26. The van der Waals surface area contributed by atoms with Crippen LogP contribution in [0.3, 0.4) is 0 Å². The van der Waals surface area contributed by atoms with E-state index in [0.29, 0.717) is 31.5 Å². The predicted molar refractivity (Wildman–Crippen MR) is 83.6 cm³/mol. The van der Waals surface area contributed by atoms with E-state index in [1.54, 1.807) is 4.31 Å². The van der Waals surface area contributed by atoms with Gasteiger partial charge in [-0.25, -0.2) is 4.72 Å². The van der Waals surface area contributed by atoms with E-state index in [1.807, 2.05) is 20.8 Å². The van der Waals surface area contributed by atoms with Crippen LogP contribution in [0, 0.1) is 11.8 Å². The van der Waals surface area contributed by atoms with Crippen LogP contribution in [0.1, 0.15) is 53.4 Å². The lowest BCUT2D eigenvalue weighted by atomic mass is 9.76. The minimum Gasteiger partial charge on any atom is -0.329 e. The van der Waals surface area contributed by atoms with Gasteiger partial charge in [-0.2, -0.15) is 12.7 Å². The average molecular weight is 305 g/mol. The van der Waals surface area contributed by atoms with Crippen LogP contribution in [0.4, 0.5) is 0 Å². The average Bonchev–Trinajstić information content (AvgIpc) is 2.37. The SMILES string of the molecule is CCN(C1(CN)CCCC(C)C1)S(=O)(=O)NCC(C)C. The molecule has 3 N–H and O–H groups in total. The maximum Gasteiger partial charge on any atom is 0.279 e. The summed E-state index contributed by atoms with van der Waals surface area (Å²) in [5, 5.41) is 0. The molecule has 0 heterocycles. The van der Waals surface area contributed by atoms with Gasteiger partial charge < -0.3 is 5.73 Å². The molecule has 120 valence electrons. The summed E-state index contributed by atoms with van der Waals surface area (Å²) in [6.07, 6.45) is 3.94. The summed E-state index contributed by atoms with van der Waals surface area (Å²) in [5.41, 5.74) is 5.59. The van der Waals surface area contributed by atoms with E-state index >= 15 is 0 Å². The van der Waals surface area contributed by atoms with Crippen molar-refractivity contribution in [3.63, 3.8) is 0 Å². The first-order valence-corrected chi connectivity index (χ1v) is 9.19. The van der Waals surface area contributed by atoms with Gasteiger partial charge in [0.1, 0.15) is 0 Å². The van der Waals surface area contributed by atoms with Crippen LogP contribution in [0.25, 0.3) is 0 Å². The van der Waals surface area contributed by atoms with Crippen molar-refractivity contribution in [3.05, 3.63) is 0 Å². The van der Waals surface area contributed by atoms with E-state index < -0.39 is 15.7 Å². The highest BCUT2D eigenvalue weighted by Gasteiger charge is 2.43. The molecule has 0 aliphatic heterocycles. The van der Waals surface area contributed by atoms with Crippen molar-refractivity contribution in [1.29, 1.82) is 0 Å². The fourth-order valence-corrected chi connectivity index (χ4v) is 5.05. The van der Waals surface area contributed by atoms with E-state index in [4.69, 9.17) is 5.73 Å². The van der Waals surface area contributed by atoms with Crippen LogP contribution >= 0.6 is 0 Å². The maximum absolute atomic E-state index is 12.6. The molecule has 20 heavy (non-hydrogen) atoms. The van der Waals surface area contributed by atoms with Crippen LogP contribution in [0.5, 0.6) is 0 Å². The van der Waals surface area contributed by atoms with Gasteiger partial charge in [0.05, 0.1) is 0 Å².